The Bertz CT molecular complexity index is 665. The molecule has 0 aliphatic rings. The van der Waals surface area contributed by atoms with E-state index in [1.165, 1.54) is 6.07 Å². The minimum atomic E-state index is -1.60. The van der Waals surface area contributed by atoms with Crippen LogP contribution in [0.15, 0.2) is 48.5 Å². The summed E-state index contributed by atoms with van der Waals surface area (Å²) in [4.78, 5) is 22.3. The molecule has 22 heavy (non-hydrogen) atoms. The maximum atomic E-state index is 11.2. The molecule has 2 aromatic rings. The number of aryl methyl sites for hydroxylation is 1. The van der Waals surface area contributed by atoms with E-state index >= 15 is 0 Å². The molecule has 0 spiro atoms. The Kier molecular flexibility index (Phi) is 4.78. The number of hydrogen-bond donors (Lipinski definition) is 2. The number of aliphatic carboxylic acids is 2. The normalized spacial score (nSPS) is 10.5. The summed E-state index contributed by atoms with van der Waals surface area (Å²) in [6.07, 6.45) is 0. The van der Waals surface area contributed by atoms with Gasteiger partial charge in [-0.15, -0.1) is 0 Å². The van der Waals surface area contributed by atoms with Gasteiger partial charge in [-0.3, -0.25) is 9.59 Å². The molecule has 0 fully saturated rings. The molecule has 0 aromatic heterocycles. The Balaban J connectivity index is 2.22. The van der Waals surface area contributed by atoms with Crippen molar-refractivity contribution in [1.82, 2.24) is 0 Å². The van der Waals surface area contributed by atoms with Crippen LogP contribution in [0.1, 0.15) is 22.6 Å². The van der Waals surface area contributed by atoms with Gasteiger partial charge in [-0.05, 0) is 35.7 Å². The molecule has 0 saturated heterocycles. The predicted octanol–water partition coefficient (Wildman–Crippen LogP) is 2.83. The van der Waals surface area contributed by atoms with E-state index in [2.05, 4.69) is 0 Å². The van der Waals surface area contributed by atoms with E-state index in [1.807, 2.05) is 30.3 Å². The lowest BCUT2D eigenvalue weighted by molar-refractivity contribution is -0.150. The van der Waals surface area contributed by atoms with Crippen LogP contribution in [-0.4, -0.2) is 22.2 Å². The van der Waals surface area contributed by atoms with E-state index in [0.29, 0.717) is 17.9 Å². The lowest BCUT2D eigenvalue weighted by Gasteiger charge is -2.14. The SMILES string of the molecule is Cc1ccc(OCc2ccccc2)cc1C(C(=O)O)C(=O)O. The summed E-state index contributed by atoms with van der Waals surface area (Å²) >= 11 is 0. The number of rotatable bonds is 6. The van der Waals surface area contributed by atoms with Crippen molar-refractivity contribution in [2.75, 3.05) is 0 Å². The van der Waals surface area contributed by atoms with Crippen LogP contribution >= 0.6 is 0 Å². The molecular formula is C17H16O5. The largest absolute Gasteiger partial charge is 0.489 e. The maximum absolute atomic E-state index is 11.2. The van der Waals surface area contributed by atoms with Crippen LogP contribution < -0.4 is 4.74 Å². The summed E-state index contributed by atoms with van der Waals surface area (Å²) < 4.78 is 5.61. The zero-order valence-electron chi connectivity index (χ0n) is 12.0. The maximum Gasteiger partial charge on any atom is 0.322 e. The van der Waals surface area contributed by atoms with Gasteiger partial charge in [-0.1, -0.05) is 36.4 Å². The monoisotopic (exact) mass is 300 g/mol. The number of carboxylic acids is 2. The van der Waals surface area contributed by atoms with E-state index in [9.17, 15) is 9.59 Å². The van der Waals surface area contributed by atoms with Crippen LogP contribution in [0.4, 0.5) is 0 Å². The van der Waals surface area contributed by atoms with Crippen molar-refractivity contribution in [2.45, 2.75) is 19.4 Å². The van der Waals surface area contributed by atoms with Crippen molar-refractivity contribution in [3.8, 4) is 5.75 Å². The Labute approximate surface area is 127 Å². The Hall–Kier alpha value is -2.82. The van der Waals surface area contributed by atoms with Crippen molar-refractivity contribution < 1.29 is 24.5 Å². The highest BCUT2D eigenvalue weighted by atomic mass is 16.5. The Morgan fingerprint density at radius 3 is 2.27 bits per heavy atom. The highest BCUT2D eigenvalue weighted by Gasteiger charge is 2.29. The lowest BCUT2D eigenvalue weighted by atomic mass is 9.95. The highest BCUT2D eigenvalue weighted by molar-refractivity contribution is 5.99. The molecule has 0 amide bonds. The molecule has 2 rings (SSSR count). The van der Waals surface area contributed by atoms with Gasteiger partial charge < -0.3 is 14.9 Å². The molecule has 2 aromatic carbocycles. The van der Waals surface area contributed by atoms with Crippen molar-refractivity contribution in [3.05, 3.63) is 65.2 Å². The minimum Gasteiger partial charge on any atom is -0.489 e. The summed E-state index contributed by atoms with van der Waals surface area (Å²) in [7, 11) is 0. The van der Waals surface area contributed by atoms with Crippen molar-refractivity contribution in [1.29, 1.82) is 0 Å². The van der Waals surface area contributed by atoms with Gasteiger partial charge in [0, 0.05) is 0 Å². The topological polar surface area (TPSA) is 83.8 Å². The second-order valence-electron chi connectivity index (χ2n) is 4.90. The van der Waals surface area contributed by atoms with Gasteiger partial charge in [0.2, 0.25) is 0 Å². The van der Waals surface area contributed by atoms with Gasteiger partial charge in [-0.25, -0.2) is 0 Å². The molecule has 0 radical (unpaired) electrons. The van der Waals surface area contributed by atoms with Gasteiger partial charge >= 0.3 is 11.9 Å². The van der Waals surface area contributed by atoms with Gasteiger partial charge in [0.1, 0.15) is 12.4 Å². The van der Waals surface area contributed by atoms with Crippen LogP contribution in [-0.2, 0) is 16.2 Å². The fourth-order valence-electron chi connectivity index (χ4n) is 2.13. The predicted molar refractivity (Wildman–Crippen MR) is 80.0 cm³/mol. The molecule has 0 aliphatic heterocycles. The number of benzene rings is 2. The number of carboxylic acid groups (broad SMARTS) is 2. The van der Waals surface area contributed by atoms with Crippen LogP contribution in [0.25, 0.3) is 0 Å². The summed E-state index contributed by atoms with van der Waals surface area (Å²) in [5.41, 5.74) is 1.80. The number of hydrogen-bond acceptors (Lipinski definition) is 3. The fourth-order valence-corrected chi connectivity index (χ4v) is 2.13. The first-order valence-electron chi connectivity index (χ1n) is 6.72. The molecule has 0 unspecified atom stereocenters. The molecule has 114 valence electrons. The third kappa shape index (κ3) is 3.63. The van der Waals surface area contributed by atoms with Gasteiger partial charge in [0.15, 0.2) is 5.92 Å². The second kappa shape index (κ2) is 6.76. The average molecular weight is 300 g/mol. The average Bonchev–Trinajstić information content (AvgIpc) is 2.48. The summed E-state index contributed by atoms with van der Waals surface area (Å²) in [6.45, 7) is 2.00. The first-order chi connectivity index (χ1) is 10.5. The molecule has 5 heteroatoms. The summed E-state index contributed by atoms with van der Waals surface area (Å²) in [5, 5.41) is 18.2. The molecule has 5 nitrogen and oxygen atoms in total. The number of carbonyl (C=O) groups is 2. The lowest BCUT2D eigenvalue weighted by Crippen LogP contribution is -2.22. The van der Waals surface area contributed by atoms with Gasteiger partial charge in [-0.2, -0.15) is 0 Å². The smallest absolute Gasteiger partial charge is 0.322 e. The summed E-state index contributed by atoms with van der Waals surface area (Å²) in [6, 6.07) is 14.3. The van der Waals surface area contributed by atoms with E-state index < -0.39 is 17.9 Å². The van der Waals surface area contributed by atoms with Crippen LogP contribution in [0.5, 0.6) is 5.75 Å². The van der Waals surface area contributed by atoms with E-state index in [0.717, 1.165) is 5.56 Å². The third-order valence-corrected chi connectivity index (χ3v) is 3.30. The van der Waals surface area contributed by atoms with E-state index in [4.69, 9.17) is 14.9 Å². The van der Waals surface area contributed by atoms with E-state index in [-0.39, 0.29) is 5.56 Å². The molecular weight excluding hydrogens is 284 g/mol. The Morgan fingerprint density at radius 2 is 1.68 bits per heavy atom. The molecule has 0 aliphatic carbocycles. The second-order valence-corrected chi connectivity index (χ2v) is 4.90. The minimum absolute atomic E-state index is 0.227. The van der Waals surface area contributed by atoms with Crippen LogP contribution in [0, 0.1) is 6.92 Å². The molecule has 0 heterocycles. The van der Waals surface area contributed by atoms with Crippen LogP contribution in [0.2, 0.25) is 0 Å². The Morgan fingerprint density at radius 1 is 1.05 bits per heavy atom. The third-order valence-electron chi connectivity index (χ3n) is 3.30. The van der Waals surface area contributed by atoms with Gasteiger partial charge in [0.25, 0.3) is 0 Å². The quantitative estimate of drug-likeness (QED) is 0.801. The van der Waals surface area contributed by atoms with Crippen molar-refractivity contribution in [2.24, 2.45) is 0 Å². The summed E-state index contributed by atoms with van der Waals surface area (Å²) in [5.74, 6) is -3.94. The first kappa shape index (κ1) is 15.6. The standard InChI is InChI=1S/C17H16O5/c1-11-7-8-13(22-10-12-5-3-2-4-6-12)9-14(11)15(16(18)19)17(20)21/h2-9,15H,10H2,1H3,(H,18,19)(H,20,21). The highest BCUT2D eigenvalue weighted by Crippen LogP contribution is 2.26. The molecule has 0 bridgehead atoms. The molecule has 0 atom stereocenters. The van der Waals surface area contributed by atoms with Crippen molar-refractivity contribution >= 4 is 11.9 Å². The zero-order chi connectivity index (χ0) is 16.1. The van der Waals surface area contributed by atoms with Crippen LogP contribution in [0.3, 0.4) is 0 Å². The molecule has 2 N–H and O–H groups in total. The van der Waals surface area contributed by atoms with E-state index in [1.54, 1.807) is 19.1 Å². The number of ether oxygens (including phenoxy) is 1. The zero-order valence-corrected chi connectivity index (χ0v) is 12.0. The van der Waals surface area contributed by atoms with Gasteiger partial charge in [0.05, 0.1) is 0 Å². The fraction of sp³-hybridized carbons (Fsp3) is 0.176. The molecule has 0 saturated carbocycles. The van der Waals surface area contributed by atoms with Crippen molar-refractivity contribution in [3.63, 3.8) is 0 Å². The first-order valence-corrected chi connectivity index (χ1v) is 6.72.